The fourth-order valence-corrected chi connectivity index (χ4v) is 4.77. The van der Waals surface area contributed by atoms with Gasteiger partial charge >= 0.3 is 0 Å². The van der Waals surface area contributed by atoms with Gasteiger partial charge in [0.2, 0.25) is 0 Å². The van der Waals surface area contributed by atoms with Crippen LogP contribution in [-0.2, 0) is 0 Å². The number of benzene rings is 3. The molecule has 1 atom stereocenters. The number of rotatable bonds is 5. The molecule has 34 heavy (non-hydrogen) atoms. The van der Waals surface area contributed by atoms with Crippen LogP contribution in [-0.4, -0.2) is 23.9 Å². The largest absolute Gasteiger partial charge is 0.457 e. The van der Waals surface area contributed by atoms with Crippen LogP contribution in [0.2, 0.25) is 0 Å². The topological polar surface area (TPSA) is 45.5 Å². The normalized spacial score (nSPS) is 16.0. The van der Waals surface area contributed by atoms with E-state index in [2.05, 4.69) is 17.1 Å². The number of amides is 1. The number of nitrogens with one attached hydrogen (secondary N) is 1. The summed E-state index contributed by atoms with van der Waals surface area (Å²) in [6, 6.07) is 21.6. The molecule has 1 amide bonds. The van der Waals surface area contributed by atoms with Crippen LogP contribution in [0.3, 0.4) is 0 Å². The molecule has 0 radical (unpaired) electrons. The number of carbonyl (C=O) groups excluding carboxylic acids is 1. The van der Waals surface area contributed by atoms with E-state index < -0.39 is 0 Å². The molecule has 174 valence electrons. The third kappa shape index (κ3) is 4.48. The summed E-state index contributed by atoms with van der Waals surface area (Å²) in [5.41, 5.74) is 3.84. The average molecular weight is 457 g/mol. The standard InChI is InChI=1S/C29H29FN2O2/c1-19-10-12-21(13-11-19)29(33)31-26-24-8-3-4-9-25(24)34-28(26)27(22-6-5-7-23(30)18-22)32-16-14-20(2)15-17-32/h3-13,18,20,27H,14-17H2,1-2H3,(H,31,33)/t27-/m0/s1. The molecule has 1 saturated heterocycles. The molecule has 5 heteroatoms. The first kappa shape index (κ1) is 22.4. The number of fused-ring (bicyclic) bond motifs is 1. The van der Waals surface area contributed by atoms with Crippen LogP contribution in [0.4, 0.5) is 10.1 Å². The highest BCUT2D eigenvalue weighted by atomic mass is 19.1. The summed E-state index contributed by atoms with van der Waals surface area (Å²) in [6.45, 7) is 6.02. The van der Waals surface area contributed by atoms with Gasteiger partial charge in [0.05, 0.1) is 11.7 Å². The quantitative estimate of drug-likeness (QED) is 0.353. The zero-order valence-electron chi connectivity index (χ0n) is 19.6. The van der Waals surface area contributed by atoms with E-state index >= 15 is 0 Å². The first-order valence-corrected chi connectivity index (χ1v) is 11.9. The van der Waals surface area contributed by atoms with Gasteiger partial charge in [-0.15, -0.1) is 0 Å². The summed E-state index contributed by atoms with van der Waals surface area (Å²) in [5.74, 6) is 0.815. The van der Waals surface area contributed by atoms with Crippen LogP contribution in [0, 0.1) is 18.7 Å². The highest BCUT2D eigenvalue weighted by Gasteiger charge is 2.32. The molecule has 1 N–H and O–H groups in total. The Morgan fingerprint density at radius 3 is 2.50 bits per heavy atom. The summed E-state index contributed by atoms with van der Waals surface area (Å²) in [6.07, 6.45) is 2.13. The van der Waals surface area contributed by atoms with Gasteiger partial charge in [-0.1, -0.05) is 48.9 Å². The number of halogens is 1. The summed E-state index contributed by atoms with van der Waals surface area (Å²) in [5, 5.41) is 3.97. The molecule has 5 rings (SSSR count). The Bertz CT molecular complexity index is 1300. The number of likely N-dealkylation sites (tertiary alicyclic amines) is 1. The van der Waals surface area contributed by atoms with E-state index in [-0.39, 0.29) is 17.8 Å². The van der Waals surface area contributed by atoms with Gasteiger partial charge in [0.15, 0.2) is 0 Å². The predicted octanol–water partition coefficient (Wildman–Crippen LogP) is 6.95. The number of anilines is 1. The second-order valence-corrected chi connectivity index (χ2v) is 9.33. The fraction of sp³-hybridized carbons (Fsp3) is 0.276. The second kappa shape index (κ2) is 9.43. The average Bonchev–Trinajstić information content (AvgIpc) is 3.19. The second-order valence-electron chi connectivity index (χ2n) is 9.33. The van der Waals surface area contributed by atoms with Crippen LogP contribution < -0.4 is 5.32 Å². The van der Waals surface area contributed by atoms with Gasteiger partial charge in [0.25, 0.3) is 5.91 Å². The summed E-state index contributed by atoms with van der Waals surface area (Å²) in [4.78, 5) is 15.6. The molecule has 0 saturated carbocycles. The lowest BCUT2D eigenvalue weighted by molar-refractivity contribution is 0.102. The van der Waals surface area contributed by atoms with Crippen LogP contribution in [0.5, 0.6) is 0 Å². The lowest BCUT2D eigenvalue weighted by Crippen LogP contribution is -2.37. The van der Waals surface area contributed by atoms with E-state index in [1.807, 2.05) is 61.5 Å². The van der Waals surface area contributed by atoms with E-state index in [0.29, 0.717) is 28.5 Å². The first-order chi connectivity index (χ1) is 16.5. The lowest BCUT2D eigenvalue weighted by Gasteiger charge is -2.36. The number of nitrogens with zero attached hydrogens (tertiary/aromatic N) is 1. The number of furan rings is 1. The number of piperidine rings is 1. The van der Waals surface area contributed by atoms with Crippen LogP contribution in [0.15, 0.2) is 77.2 Å². The monoisotopic (exact) mass is 456 g/mol. The number of carbonyl (C=O) groups is 1. The fourth-order valence-electron chi connectivity index (χ4n) is 4.77. The van der Waals surface area contributed by atoms with E-state index in [4.69, 9.17) is 4.42 Å². The van der Waals surface area contributed by atoms with Crippen LogP contribution in [0.25, 0.3) is 11.0 Å². The predicted molar refractivity (Wildman–Crippen MR) is 134 cm³/mol. The van der Waals surface area contributed by atoms with Gasteiger partial charge in [-0.05, 0) is 80.7 Å². The molecule has 0 unspecified atom stereocenters. The minimum absolute atomic E-state index is 0.196. The van der Waals surface area contributed by atoms with Crippen molar-refractivity contribution in [2.75, 3.05) is 18.4 Å². The maximum atomic E-state index is 14.3. The maximum Gasteiger partial charge on any atom is 0.255 e. The lowest BCUT2D eigenvalue weighted by atomic mass is 9.94. The number of aryl methyl sites for hydroxylation is 1. The Kier molecular flexibility index (Phi) is 6.20. The molecule has 2 heterocycles. The van der Waals surface area contributed by atoms with Crippen molar-refractivity contribution < 1.29 is 13.6 Å². The summed E-state index contributed by atoms with van der Waals surface area (Å²) >= 11 is 0. The summed E-state index contributed by atoms with van der Waals surface area (Å²) in [7, 11) is 0. The van der Waals surface area contributed by atoms with Gasteiger partial charge < -0.3 is 9.73 Å². The van der Waals surface area contributed by atoms with E-state index in [1.54, 1.807) is 12.1 Å². The number of hydrogen-bond acceptors (Lipinski definition) is 3. The van der Waals surface area contributed by atoms with Gasteiger partial charge in [-0.2, -0.15) is 0 Å². The molecule has 4 aromatic rings. The minimum Gasteiger partial charge on any atom is -0.457 e. The molecule has 1 aliphatic heterocycles. The molecule has 0 spiro atoms. The van der Waals surface area contributed by atoms with Crippen molar-refractivity contribution in [3.05, 3.63) is 101 Å². The van der Waals surface area contributed by atoms with Gasteiger partial charge in [0, 0.05) is 10.9 Å². The van der Waals surface area contributed by atoms with E-state index in [1.165, 1.54) is 6.07 Å². The van der Waals surface area contributed by atoms with Crippen molar-refractivity contribution in [3.63, 3.8) is 0 Å². The van der Waals surface area contributed by atoms with Crippen molar-refractivity contribution in [2.24, 2.45) is 5.92 Å². The molecule has 4 nitrogen and oxygen atoms in total. The smallest absolute Gasteiger partial charge is 0.255 e. The van der Waals surface area contributed by atoms with E-state index in [0.717, 1.165) is 42.4 Å². The Hall–Kier alpha value is -3.44. The van der Waals surface area contributed by atoms with E-state index in [9.17, 15) is 9.18 Å². The highest BCUT2D eigenvalue weighted by molar-refractivity contribution is 6.09. The number of hydrogen-bond donors (Lipinski definition) is 1. The third-order valence-corrected chi connectivity index (χ3v) is 6.77. The minimum atomic E-state index is -0.302. The Morgan fingerprint density at radius 1 is 1.03 bits per heavy atom. The SMILES string of the molecule is Cc1ccc(C(=O)Nc2c([C@H](c3cccc(F)c3)N3CCC(C)CC3)oc3ccccc23)cc1. The molecular formula is C29H29FN2O2. The Morgan fingerprint density at radius 2 is 1.76 bits per heavy atom. The molecule has 0 aliphatic carbocycles. The first-order valence-electron chi connectivity index (χ1n) is 11.9. The van der Waals surface area contributed by atoms with Crippen molar-refractivity contribution in [1.82, 2.24) is 4.90 Å². The molecular weight excluding hydrogens is 427 g/mol. The van der Waals surface area contributed by atoms with Gasteiger partial charge in [-0.25, -0.2) is 4.39 Å². The highest BCUT2D eigenvalue weighted by Crippen LogP contribution is 2.41. The molecule has 1 fully saturated rings. The Balaban J connectivity index is 1.62. The molecule has 1 aromatic heterocycles. The van der Waals surface area contributed by atoms with Crippen LogP contribution in [0.1, 0.15) is 53.1 Å². The van der Waals surface area contributed by atoms with Crippen molar-refractivity contribution in [1.29, 1.82) is 0 Å². The number of para-hydroxylation sites is 1. The van der Waals surface area contributed by atoms with Gasteiger partial charge in [-0.3, -0.25) is 9.69 Å². The molecule has 3 aromatic carbocycles. The third-order valence-electron chi connectivity index (χ3n) is 6.77. The van der Waals surface area contributed by atoms with Crippen molar-refractivity contribution in [3.8, 4) is 0 Å². The van der Waals surface area contributed by atoms with Crippen molar-refractivity contribution in [2.45, 2.75) is 32.7 Å². The summed E-state index contributed by atoms with van der Waals surface area (Å²) < 4.78 is 20.7. The molecule has 1 aliphatic rings. The maximum absolute atomic E-state index is 14.3. The van der Waals surface area contributed by atoms with Gasteiger partial charge in [0.1, 0.15) is 17.2 Å². The Labute approximate surface area is 199 Å². The zero-order chi connectivity index (χ0) is 23.7. The zero-order valence-corrected chi connectivity index (χ0v) is 19.6. The van der Waals surface area contributed by atoms with Crippen LogP contribution >= 0.6 is 0 Å². The van der Waals surface area contributed by atoms with Crippen molar-refractivity contribution >= 4 is 22.6 Å². The molecule has 0 bridgehead atoms.